The minimum Gasteiger partial charge on any atom is -0.378 e. The van der Waals surface area contributed by atoms with Crippen molar-refractivity contribution in [3.8, 4) is 0 Å². The third-order valence-corrected chi connectivity index (χ3v) is 5.18. The first-order valence-electron chi connectivity index (χ1n) is 9.11. The zero-order valence-electron chi connectivity index (χ0n) is 14.9. The predicted octanol–water partition coefficient (Wildman–Crippen LogP) is 3.01. The first-order valence-corrected chi connectivity index (χ1v) is 9.11. The molecule has 4 heteroatoms. The molecule has 3 rings (SSSR count). The maximum Gasteiger partial charge on any atom is 0.187 e. The molecule has 0 spiro atoms. The Bertz CT molecular complexity index is 573. The highest BCUT2D eigenvalue weighted by molar-refractivity contribution is 6.04. The largest absolute Gasteiger partial charge is 0.378 e. The van der Waals surface area contributed by atoms with E-state index < -0.39 is 0 Å². The van der Waals surface area contributed by atoms with Gasteiger partial charge in [-0.3, -0.25) is 4.79 Å². The lowest BCUT2D eigenvalue weighted by molar-refractivity contribution is 0.104. The van der Waals surface area contributed by atoms with Crippen LogP contribution in [0.15, 0.2) is 36.5 Å². The first-order chi connectivity index (χ1) is 11.6. The molecule has 0 unspecified atom stereocenters. The Morgan fingerprint density at radius 2 is 1.83 bits per heavy atom. The highest BCUT2D eigenvalue weighted by Crippen LogP contribution is 2.21. The average molecular weight is 327 g/mol. The number of rotatable bonds is 6. The number of carbonyl (C=O) groups excluding carboxylic acids is 1. The Hall–Kier alpha value is -1.81. The summed E-state index contributed by atoms with van der Waals surface area (Å²) in [7, 11) is 4.01. The van der Waals surface area contributed by atoms with E-state index in [9.17, 15) is 4.79 Å². The van der Waals surface area contributed by atoms with Crippen LogP contribution in [0.2, 0.25) is 0 Å². The van der Waals surface area contributed by atoms with Gasteiger partial charge in [-0.1, -0.05) is 0 Å². The molecule has 0 aromatic heterocycles. The van der Waals surface area contributed by atoms with Crippen molar-refractivity contribution in [3.05, 3.63) is 42.1 Å². The van der Waals surface area contributed by atoms with Crippen LogP contribution in [0, 0.1) is 0 Å². The van der Waals surface area contributed by atoms with Crippen molar-refractivity contribution >= 4 is 11.5 Å². The predicted molar refractivity (Wildman–Crippen MR) is 99.6 cm³/mol. The van der Waals surface area contributed by atoms with Crippen LogP contribution in [0.5, 0.6) is 0 Å². The number of carbonyl (C=O) groups is 1. The second-order valence-corrected chi connectivity index (χ2v) is 7.16. The first kappa shape index (κ1) is 17.0. The Balaban J connectivity index is 1.58. The van der Waals surface area contributed by atoms with Crippen molar-refractivity contribution in [1.29, 1.82) is 0 Å². The number of hydrogen-bond donors (Lipinski definition) is 0. The van der Waals surface area contributed by atoms with Gasteiger partial charge in [0.15, 0.2) is 5.78 Å². The Morgan fingerprint density at radius 3 is 2.50 bits per heavy atom. The lowest BCUT2D eigenvalue weighted by atomic mass is 10.1. The number of benzene rings is 1. The van der Waals surface area contributed by atoms with Gasteiger partial charge >= 0.3 is 0 Å². The van der Waals surface area contributed by atoms with E-state index in [2.05, 4.69) is 9.80 Å². The van der Waals surface area contributed by atoms with Crippen molar-refractivity contribution in [2.75, 3.05) is 45.2 Å². The van der Waals surface area contributed by atoms with Crippen LogP contribution < -0.4 is 4.90 Å². The van der Waals surface area contributed by atoms with Crippen molar-refractivity contribution in [2.45, 2.75) is 31.7 Å². The second-order valence-electron chi connectivity index (χ2n) is 7.16. The molecule has 24 heavy (non-hydrogen) atoms. The van der Waals surface area contributed by atoms with Crippen LogP contribution in [0.25, 0.3) is 0 Å². The molecule has 1 atom stereocenters. The molecule has 0 aliphatic carbocycles. The molecule has 130 valence electrons. The lowest BCUT2D eigenvalue weighted by Gasteiger charge is -2.27. The van der Waals surface area contributed by atoms with Crippen molar-refractivity contribution in [2.24, 2.45) is 0 Å². The smallest absolute Gasteiger partial charge is 0.187 e. The number of ketones is 1. The van der Waals surface area contributed by atoms with Crippen LogP contribution in [0.3, 0.4) is 0 Å². The summed E-state index contributed by atoms with van der Waals surface area (Å²) in [5, 5.41) is 0. The topological polar surface area (TPSA) is 26.8 Å². The summed E-state index contributed by atoms with van der Waals surface area (Å²) in [6.45, 7) is 4.70. The number of hydrogen-bond acceptors (Lipinski definition) is 4. The SMILES string of the molecule is CN(C)c1ccc(C(=O)C=CN2CCC[C@H]2CN2CCCC2)cc1. The van der Waals surface area contributed by atoms with Gasteiger partial charge in [-0.05, 0) is 63.0 Å². The maximum atomic E-state index is 12.4. The molecule has 1 aromatic rings. The number of nitrogens with zero attached hydrogens (tertiary/aromatic N) is 3. The van der Waals surface area contributed by atoms with Gasteiger partial charge in [0.25, 0.3) is 0 Å². The molecule has 4 nitrogen and oxygen atoms in total. The zero-order valence-corrected chi connectivity index (χ0v) is 14.9. The van der Waals surface area contributed by atoms with E-state index in [0.29, 0.717) is 6.04 Å². The van der Waals surface area contributed by atoms with Gasteiger partial charge in [-0.25, -0.2) is 0 Å². The average Bonchev–Trinajstić information content (AvgIpc) is 3.25. The molecule has 0 saturated carbocycles. The molecular formula is C20H29N3O. The van der Waals surface area contributed by atoms with E-state index in [0.717, 1.165) is 24.3 Å². The van der Waals surface area contributed by atoms with Crippen LogP contribution in [-0.4, -0.2) is 61.9 Å². The van der Waals surface area contributed by atoms with Gasteiger partial charge in [0.1, 0.15) is 0 Å². The molecular weight excluding hydrogens is 298 g/mol. The summed E-state index contributed by atoms with van der Waals surface area (Å²) < 4.78 is 0. The monoisotopic (exact) mass is 327 g/mol. The summed E-state index contributed by atoms with van der Waals surface area (Å²) in [6.07, 6.45) is 8.91. The van der Waals surface area contributed by atoms with E-state index >= 15 is 0 Å². The normalized spacial score (nSPS) is 21.8. The van der Waals surface area contributed by atoms with Crippen molar-refractivity contribution < 1.29 is 4.79 Å². The zero-order chi connectivity index (χ0) is 16.9. The standard InChI is InChI=1S/C20H29N3O/c1-21(2)18-9-7-17(8-10-18)20(24)11-15-23-14-5-6-19(23)16-22-12-3-4-13-22/h7-11,15,19H,3-6,12-14,16H2,1-2H3/t19-/m0/s1. The lowest BCUT2D eigenvalue weighted by Crippen LogP contribution is -2.36. The third-order valence-electron chi connectivity index (χ3n) is 5.18. The second kappa shape index (κ2) is 7.84. The fourth-order valence-corrected chi connectivity index (χ4v) is 3.70. The number of likely N-dealkylation sites (tertiary alicyclic amines) is 2. The summed E-state index contributed by atoms with van der Waals surface area (Å²) in [6, 6.07) is 8.38. The Morgan fingerprint density at radius 1 is 1.12 bits per heavy atom. The van der Waals surface area contributed by atoms with Gasteiger partial charge in [0.2, 0.25) is 0 Å². The third kappa shape index (κ3) is 4.18. The molecule has 2 aliphatic rings. The van der Waals surface area contributed by atoms with Gasteiger partial charge < -0.3 is 14.7 Å². The number of allylic oxidation sites excluding steroid dienone is 1. The fraction of sp³-hybridized carbons (Fsp3) is 0.550. The van der Waals surface area contributed by atoms with E-state index in [4.69, 9.17) is 0 Å². The quantitative estimate of drug-likeness (QED) is 0.593. The van der Waals surface area contributed by atoms with Crippen LogP contribution >= 0.6 is 0 Å². The van der Waals surface area contributed by atoms with E-state index in [1.807, 2.05) is 49.5 Å². The van der Waals surface area contributed by atoms with Gasteiger partial charge in [-0.15, -0.1) is 0 Å². The molecule has 0 radical (unpaired) electrons. The minimum atomic E-state index is 0.0899. The van der Waals surface area contributed by atoms with E-state index in [-0.39, 0.29) is 5.78 Å². The summed E-state index contributed by atoms with van der Waals surface area (Å²) in [5.74, 6) is 0.0899. The van der Waals surface area contributed by atoms with Gasteiger partial charge in [0.05, 0.1) is 0 Å². The van der Waals surface area contributed by atoms with Crippen molar-refractivity contribution in [1.82, 2.24) is 9.80 Å². The number of anilines is 1. The van der Waals surface area contributed by atoms with Crippen LogP contribution in [0.4, 0.5) is 5.69 Å². The molecule has 2 heterocycles. The highest BCUT2D eigenvalue weighted by Gasteiger charge is 2.25. The van der Waals surface area contributed by atoms with Crippen molar-refractivity contribution in [3.63, 3.8) is 0 Å². The highest BCUT2D eigenvalue weighted by atomic mass is 16.1. The summed E-state index contributed by atoms with van der Waals surface area (Å²) in [4.78, 5) is 19.4. The Kier molecular flexibility index (Phi) is 5.56. The molecule has 1 aromatic carbocycles. The van der Waals surface area contributed by atoms with Crippen LogP contribution in [0.1, 0.15) is 36.0 Å². The molecule has 2 fully saturated rings. The van der Waals surface area contributed by atoms with Gasteiger partial charge in [0, 0.05) is 56.8 Å². The van der Waals surface area contributed by atoms with Gasteiger partial charge in [-0.2, -0.15) is 0 Å². The Labute approximate surface area is 145 Å². The maximum absolute atomic E-state index is 12.4. The fourth-order valence-electron chi connectivity index (χ4n) is 3.70. The van der Waals surface area contributed by atoms with E-state index in [1.54, 1.807) is 6.08 Å². The molecule has 0 N–H and O–H groups in total. The molecule has 0 bridgehead atoms. The summed E-state index contributed by atoms with van der Waals surface area (Å²) in [5.41, 5.74) is 1.87. The molecule has 0 amide bonds. The van der Waals surface area contributed by atoms with E-state index in [1.165, 1.54) is 38.8 Å². The minimum absolute atomic E-state index is 0.0899. The van der Waals surface area contributed by atoms with Crippen LogP contribution in [-0.2, 0) is 0 Å². The summed E-state index contributed by atoms with van der Waals surface area (Å²) >= 11 is 0. The molecule has 2 aliphatic heterocycles. The molecule has 2 saturated heterocycles.